The van der Waals surface area contributed by atoms with Crippen molar-refractivity contribution < 1.29 is 23.7 Å². The van der Waals surface area contributed by atoms with Crippen LogP contribution in [0.15, 0.2) is 36.4 Å². The van der Waals surface area contributed by atoms with E-state index in [-0.39, 0.29) is 18.9 Å². The number of methoxy groups -OCH3 is 2. The Morgan fingerprint density at radius 1 is 1.04 bits per heavy atom. The number of carbonyl (C=O) groups is 1. The van der Waals surface area contributed by atoms with Gasteiger partial charge < -0.3 is 29.6 Å². The number of benzene rings is 2. The van der Waals surface area contributed by atoms with Crippen LogP contribution in [0.4, 0.5) is 10.5 Å². The molecule has 1 aliphatic heterocycles. The van der Waals surface area contributed by atoms with Crippen LogP contribution in [-0.2, 0) is 0 Å². The molecule has 0 saturated heterocycles. The maximum absolute atomic E-state index is 12.2. The second-order valence-electron chi connectivity index (χ2n) is 5.50. The molecule has 7 nitrogen and oxygen atoms in total. The van der Waals surface area contributed by atoms with Gasteiger partial charge in [0.2, 0.25) is 6.79 Å². The van der Waals surface area contributed by atoms with E-state index < -0.39 is 0 Å². The number of ether oxygens (including phenoxy) is 4. The third kappa shape index (κ3) is 3.71. The fourth-order valence-electron chi connectivity index (χ4n) is 2.54. The number of amides is 2. The Bertz CT molecular complexity index is 778. The van der Waals surface area contributed by atoms with Crippen LogP contribution in [-0.4, -0.2) is 27.0 Å². The van der Waals surface area contributed by atoms with Gasteiger partial charge in [0.1, 0.15) is 0 Å². The zero-order valence-corrected chi connectivity index (χ0v) is 14.3. The van der Waals surface area contributed by atoms with Gasteiger partial charge in [-0.05, 0) is 36.8 Å². The van der Waals surface area contributed by atoms with E-state index in [0.717, 1.165) is 5.56 Å². The van der Waals surface area contributed by atoms with Crippen molar-refractivity contribution >= 4 is 11.7 Å². The second kappa shape index (κ2) is 7.21. The second-order valence-corrected chi connectivity index (χ2v) is 5.50. The Balaban J connectivity index is 1.64. The molecule has 7 heteroatoms. The van der Waals surface area contributed by atoms with Gasteiger partial charge in [-0.3, -0.25) is 0 Å². The normalized spacial score (nSPS) is 13.1. The molecule has 1 atom stereocenters. The first-order valence-electron chi connectivity index (χ1n) is 7.80. The minimum absolute atomic E-state index is 0.196. The fourth-order valence-corrected chi connectivity index (χ4v) is 2.54. The molecule has 2 aromatic carbocycles. The predicted octanol–water partition coefficient (Wildman–Crippen LogP) is 3.32. The predicted molar refractivity (Wildman–Crippen MR) is 92.7 cm³/mol. The van der Waals surface area contributed by atoms with Gasteiger partial charge in [-0.15, -0.1) is 0 Å². The lowest BCUT2D eigenvalue weighted by Gasteiger charge is -2.17. The summed E-state index contributed by atoms with van der Waals surface area (Å²) >= 11 is 0. The van der Waals surface area contributed by atoms with E-state index in [9.17, 15) is 4.79 Å². The monoisotopic (exact) mass is 344 g/mol. The summed E-state index contributed by atoms with van der Waals surface area (Å²) < 4.78 is 21.1. The van der Waals surface area contributed by atoms with Crippen LogP contribution >= 0.6 is 0 Å². The lowest BCUT2D eigenvalue weighted by Crippen LogP contribution is -2.31. The van der Waals surface area contributed by atoms with Gasteiger partial charge in [-0.1, -0.05) is 6.07 Å². The zero-order valence-electron chi connectivity index (χ0n) is 14.3. The van der Waals surface area contributed by atoms with Crippen molar-refractivity contribution in [3.05, 3.63) is 42.0 Å². The van der Waals surface area contributed by atoms with Crippen molar-refractivity contribution in [2.24, 2.45) is 0 Å². The third-order valence-corrected chi connectivity index (χ3v) is 3.89. The van der Waals surface area contributed by atoms with E-state index in [0.29, 0.717) is 28.7 Å². The van der Waals surface area contributed by atoms with E-state index in [4.69, 9.17) is 18.9 Å². The first-order valence-corrected chi connectivity index (χ1v) is 7.80. The molecule has 2 amide bonds. The van der Waals surface area contributed by atoms with Gasteiger partial charge in [0.15, 0.2) is 23.0 Å². The molecule has 0 aromatic heterocycles. The van der Waals surface area contributed by atoms with Crippen molar-refractivity contribution in [1.82, 2.24) is 5.32 Å². The molecule has 3 rings (SSSR count). The Morgan fingerprint density at radius 3 is 2.56 bits per heavy atom. The van der Waals surface area contributed by atoms with Crippen LogP contribution in [0.3, 0.4) is 0 Å². The van der Waals surface area contributed by atoms with Crippen molar-refractivity contribution in [2.45, 2.75) is 13.0 Å². The van der Waals surface area contributed by atoms with Crippen LogP contribution in [0.2, 0.25) is 0 Å². The Labute approximate surface area is 145 Å². The van der Waals surface area contributed by atoms with Crippen LogP contribution in [0.5, 0.6) is 23.0 Å². The average molecular weight is 344 g/mol. The van der Waals surface area contributed by atoms with Crippen LogP contribution in [0, 0.1) is 0 Å². The van der Waals surface area contributed by atoms with Crippen LogP contribution in [0.25, 0.3) is 0 Å². The summed E-state index contributed by atoms with van der Waals surface area (Å²) in [4.78, 5) is 12.2. The van der Waals surface area contributed by atoms with Crippen molar-refractivity contribution in [3.8, 4) is 23.0 Å². The van der Waals surface area contributed by atoms with Crippen LogP contribution in [0.1, 0.15) is 18.5 Å². The molecule has 0 radical (unpaired) electrons. The number of fused-ring (bicyclic) bond motifs is 1. The number of anilines is 1. The smallest absolute Gasteiger partial charge is 0.319 e. The molecule has 1 aliphatic rings. The molecule has 132 valence electrons. The highest BCUT2D eigenvalue weighted by atomic mass is 16.7. The van der Waals surface area contributed by atoms with Gasteiger partial charge in [-0.25, -0.2) is 4.79 Å². The van der Waals surface area contributed by atoms with E-state index in [1.165, 1.54) is 0 Å². The molecule has 1 heterocycles. The van der Waals surface area contributed by atoms with Gasteiger partial charge in [0.25, 0.3) is 0 Å². The van der Waals surface area contributed by atoms with Gasteiger partial charge >= 0.3 is 6.03 Å². The number of hydrogen-bond acceptors (Lipinski definition) is 5. The molecular weight excluding hydrogens is 324 g/mol. The standard InChI is InChI=1S/C18H20N2O5/c1-11(12-4-6-14(22-2)16(8-12)23-3)19-18(21)20-13-5-7-15-17(9-13)25-10-24-15/h4-9,11H,10H2,1-3H3,(H2,19,20,21)/t11-/m0/s1. The minimum Gasteiger partial charge on any atom is -0.493 e. The summed E-state index contributed by atoms with van der Waals surface area (Å²) in [5.41, 5.74) is 1.53. The summed E-state index contributed by atoms with van der Waals surface area (Å²) in [5.74, 6) is 2.54. The van der Waals surface area contributed by atoms with Crippen LogP contribution < -0.4 is 29.6 Å². The van der Waals surface area contributed by atoms with Gasteiger partial charge in [0.05, 0.1) is 20.3 Å². The van der Waals surface area contributed by atoms with Crippen molar-refractivity contribution in [3.63, 3.8) is 0 Å². The van der Waals surface area contributed by atoms with Crippen molar-refractivity contribution in [1.29, 1.82) is 0 Å². The Hall–Kier alpha value is -3.09. The molecular formula is C18H20N2O5. The molecule has 0 aliphatic carbocycles. The van der Waals surface area contributed by atoms with E-state index in [1.807, 2.05) is 25.1 Å². The first kappa shape index (κ1) is 16.8. The highest BCUT2D eigenvalue weighted by molar-refractivity contribution is 5.90. The van der Waals surface area contributed by atoms with E-state index in [2.05, 4.69) is 10.6 Å². The number of carbonyl (C=O) groups excluding carboxylic acids is 1. The summed E-state index contributed by atoms with van der Waals surface area (Å²) in [7, 11) is 3.16. The van der Waals surface area contributed by atoms with Crippen molar-refractivity contribution in [2.75, 3.05) is 26.3 Å². The quantitative estimate of drug-likeness (QED) is 0.870. The van der Waals surface area contributed by atoms with E-state index >= 15 is 0 Å². The summed E-state index contributed by atoms with van der Waals surface area (Å²) in [6.07, 6.45) is 0. The highest BCUT2D eigenvalue weighted by Crippen LogP contribution is 2.34. The van der Waals surface area contributed by atoms with E-state index in [1.54, 1.807) is 32.4 Å². The lowest BCUT2D eigenvalue weighted by atomic mass is 10.1. The minimum atomic E-state index is -0.318. The maximum atomic E-state index is 12.2. The lowest BCUT2D eigenvalue weighted by molar-refractivity contribution is 0.174. The number of nitrogens with one attached hydrogen (secondary N) is 2. The Morgan fingerprint density at radius 2 is 1.80 bits per heavy atom. The maximum Gasteiger partial charge on any atom is 0.319 e. The number of hydrogen-bond donors (Lipinski definition) is 2. The number of rotatable bonds is 5. The largest absolute Gasteiger partial charge is 0.493 e. The molecule has 0 spiro atoms. The zero-order chi connectivity index (χ0) is 17.8. The Kier molecular flexibility index (Phi) is 4.83. The third-order valence-electron chi connectivity index (χ3n) is 3.89. The molecule has 0 unspecified atom stereocenters. The first-order chi connectivity index (χ1) is 12.1. The SMILES string of the molecule is COc1ccc([C@H](C)NC(=O)Nc2ccc3c(c2)OCO3)cc1OC. The summed E-state index contributed by atoms with van der Waals surface area (Å²) in [6, 6.07) is 10.2. The fraction of sp³-hybridized carbons (Fsp3) is 0.278. The topological polar surface area (TPSA) is 78.1 Å². The average Bonchev–Trinajstić information content (AvgIpc) is 3.08. The van der Waals surface area contributed by atoms with Gasteiger partial charge in [0, 0.05) is 11.8 Å². The molecule has 0 fully saturated rings. The van der Waals surface area contributed by atoms with Gasteiger partial charge in [-0.2, -0.15) is 0 Å². The molecule has 2 N–H and O–H groups in total. The number of urea groups is 1. The summed E-state index contributed by atoms with van der Waals surface area (Å²) in [6.45, 7) is 2.09. The summed E-state index contributed by atoms with van der Waals surface area (Å²) in [5, 5.41) is 5.66. The highest BCUT2D eigenvalue weighted by Gasteiger charge is 2.16. The molecule has 25 heavy (non-hydrogen) atoms. The molecule has 2 aromatic rings. The molecule has 0 saturated carbocycles. The molecule has 0 bridgehead atoms.